The van der Waals surface area contributed by atoms with E-state index in [4.69, 9.17) is 0 Å². The summed E-state index contributed by atoms with van der Waals surface area (Å²) in [7, 11) is 0. The Morgan fingerprint density at radius 2 is 1.64 bits per heavy atom. The molecule has 1 aliphatic carbocycles. The Morgan fingerprint density at radius 3 is 2.36 bits per heavy atom. The zero-order valence-electron chi connectivity index (χ0n) is 15.8. The van der Waals surface area contributed by atoms with Gasteiger partial charge in [0, 0.05) is 21.4 Å². The van der Waals surface area contributed by atoms with Gasteiger partial charge in [-0.2, -0.15) is 0 Å². The molecule has 140 valence electrons. The van der Waals surface area contributed by atoms with E-state index in [9.17, 15) is 4.79 Å². The number of halogens is 1. The number of carbonyl (C=O) groups excluding carboxylic acids is 1. The summed E-state index contributed by atoms with van der Waals surface area (Å²) in [5, 5.41) is 0. The van der Waals surface area contributed by atoms with E-state index in [2.05, 4.69) is 52.8 Å². The first-order valence-electron chi connectivity index (χ1n) is 9.69. The molecule has 0 aromatic heterocycles. The third-order valence-corrected chi connectivity index (χ3v) is 6.51. The number of ketones is 1. The standard InChI is InChI=1S/C26H23BrO/c1-2-24(21-12-14-22(27)15-13-21)26(18-19-8-4-3-5-9-19)17-16-20-10-6-7-11-23(20)25(26)28/h2-15,24H,1,16-18H2/t24-,26-/m1/s1. The first kappa shape index (κ1) is 18.9. The van der Waals surface area contributed by atoms with Crippen LogP contribution in [0.15, 0.2) is 96.0 Å². The van der Waals surface area contributed by atoms with Crippen molar-refractivity contribution in [2.24, 2.45) is 5.41 Å². The van der Waals surface area contributed by atoms with Gasteiger partial charge in [-0.05, 0) is 48.1 Å². The molecule has 0 unspecified atom stereocenters. The lowest BCUT2D eigenvalue weighted by Gasteiger charge is -2.42. The Labute approximate surface area is 175 Å². The van der Waals surface area contributed by atoms with Gasteiger partial charge in [0.1, 0.15) is 0 Å². The van der Waals surface area contributed by atoms with E-state index in [1.165, 1.54) is 5.56 Å². The van der Waals surface area contributed by atoms with Crippen LogP contribution in [0.2, 0.25) is 0 Å². The van der Waals surface area contributed by atoms with Crippen molar-refractivity contribution in [3.8, 4) is 0 Å². The van der Waals surface area contributed by atoms with Gasteiger partial charge >= 0.3 is 0 Å². The van der Waals surface area contributed by atoms with E-state index in [-0.39, 0.29) is 11.7 Å². The molecule has 2 heteroatoms. The van der Waals surface area contributed by atoms with Crippen LogP contribution < -0.4 is 0 Å². The Balaban J connectivity index is 1.85. The number of carbonyl (C=O) groups is 1. The molecule has 0 heterocycles. The summed E-state index contributed by atoms with van der Waals surface area (Å²) >= 11 is 3.52. The average molecular weight is 431 g/mol. The van der Waals surface area contributed by atoms with Crippen molar-refractivity contribution in [1.82, 2.24) is 0 Å². The summed E-state index contributed by atoms with van der Waals surface area (Å²) in [6, 6.07) is 26.7. The van der Waals surface area contributed by atoms with Crippen molar-refractivity contribution in [3.05, 3.63) is 118 Å². The molecule has 1 nitrogen and oxygen atoms in total. The van der Waals surface area contributed by atoms with E-state index < -0.39 is 5.41 Å². The minimum atomic E-state index is -0.523. The molecule has 3 aromatic rings. The first-order chi connectivity index (χ1) is 13.6. The topological polar surface area (TPSA) is 17.1 Å². The first-order valence-corrected chi connectivity index (χ1v) is 10.5. The van der Waals surface area contributed by atoms with Gasteiger partial charge < -0.3 is 0 Å². The maximum Gasteiger partial charge on any atom is 0.170 e. The Kier molecular flexibility index (Phi) is 5.32. The number of rotatable bonds is 5. The highest BCUT2D eigenvalue weighted by Crippen LogP contribution is 2.49. The van der Waals surface area contributed by atoms with Gasteiger partial charge in [0.05, 0.1) is 0 Å². The fraction of sp³-hybridized carbons (Fsp3) is 0.192. The van der Waals surface area contributed by atoms with Crippen LogP contribution in [0.25, 0.3) is 0 Å². The van der Waals surface area contributed by atoms with E-state index in [1.54, 1.807) is 0 Å². The third kappa shape index (κ3) is 3.38. The van der Waals surface area contributed by atoms with E-state index >= 15 is 0 Å². The largest absolute Gasteiger partial charge is 0.293 e. The van der Waals surface area contributed by atoms with Crippen molar-refractivity contribution in [3.63, 3.8) is 0 Å². The molecule has 3 aromatic carbocycles. The minimum Gasteiger partial charge on any atom is -0.293 e. The van der Waals surface area contributed by atoms with Gasteiger partial charge in [-0.3, -0.25) is 4.79 Å². The second kappa shape index (κ2) is 7.89. The second-order valence-corrected chi connectivity index (χ2v) is 8.49. The van der Waals surface area contributed by atoms with Crippen LogP contribution >= 0.6 is 15.9 Å². The molecule has 0 radical (unpaired) electrons. The Hall–Kier alpha value is -2.45. The molecule has 28 heavy (non-hydrogen) atoms. The van der Waals surface area contributed by atoms with Crippen molar-refractivity contribution >= 4 is 21.7 Å². The average Bonchev–Trinajstić information content (AvgIpc) is 2.73. The summed E-state index contributed by atoms with van der Waals surface area (Å²) in [5.74, 6) is 0.202. The molecule has 0 fully saturated rings. The van der Waals surface area contributed by atoms with Gasteiger partial charge in [0.2, 0.25) is 0 Å². The second-order valence-electron chi connectivity index (χ2n) is 7.57. The fourth-order valence-corrected chi connectivity index (χ4v) is 4.85. The minimum absolute atomic E-state index is 0.0401. The van der Waals surface area contributed by atoms with E-state index in [1.807, 2.05) is 54.6 Å². The molecule has 0 amide bonds. The third-order valence-electron chi connectivity index (χ3n) is 5.98. The predicted molar refractivity (Wildman–Crippen MR) is 119 cm³/mol. The van der Waals surface area contributed by atoms with Crippen LogP contribution in [-0.4, -0.2) is 5.78 Å². The summed E-state index contributed by atoms with van der Waals surface area (Å²) in [6.07, 6.45) is 4.42. The quantitative estimate of drug-likeness (QED) is 0.407. The molecule has 0 saturated heterocycles. The molecule has 0 saturated carbocycles. The maximum absolute atomic E-state index is 13.9. The maximum atomic E-state index is 13.9. The van der Waals surface area contributed by atoms with Crippen molar-refractivity contribution in [2.75, 3.05) is 0 Å². The lowest BCUT2D eigenvalue weighted by atomic mass is 9.59. The summed E-state index contributed by atoms with van der Waals surface area (Å²) in [6.45, 7) is 4.15. The normalized spacial score (nSPS) is 19.7. The molecule has 1 aliphatic rings. The monoisotopic (exact) mass is 430 g/mol. The zero-order chi connectivity index (χ0) is 19.6. The van der Waals surface area contributed by atoms with Crippen LogP contribution in [-0.2, 0) is 12.8 Å². The van der Waals surface area contributed by atoms with Crippen LogP contribution in [0.5, 0.6) is 0 Å². The number of Topliss-reactive ketones (excluding diaryl/α,β-unsaturated/α-hetero) is 1. The summed E-state index contributed by atoms with van der Waals surface area (Å²) in [4.78, 5) is 13.9. The number of hydrogen-bond acceptors (Lipinski definition) is 1. The number of hydrogen-bond donors (Lipinski definition) is 0. The summed E-state index contributed by atoms with van der Waals surface area (Å²) in [5.41, 5.74) is 3.84. The number of aryl methyl sites for hydroxylation is 1. The van der Waals surface area contributed by atoms with Crippen molar-refractivity contribution < 1.29 is 4.79 Å². The number of benzene rings is 3. The molecular weight excluding hydrogens is 408 g/mol. The fourth-order valence-electron chi connectivity index (χ4n) is 4.59. The SMILES string of the molecule is C=C[C@H](c1ccc(Br)cc1)[C@]1(Cc2ccccc2)CCc2ccccc2C1=O. The van der Waals surface area contributed by atoms with Crippen molar-refractivity contribution in [1.29, 1.82) is 0 Å². The van der Waals surface area contributed by atoms with Gasteiger partial charge in [-0.15, -0.1) is 6.58 Å². The molecule has 0 aliphatic heterocycles. The van der Waals surface area contributed by atoms with Gasteiger partial charge in [-0.25, -0.2) is 0 Å². The Morgan fingerprint density at radius 1 is 0.964 bits per heavy atom. The number of allylic oxidation sites excluding steroid dienone is 1. The van der Waals surface area contributed by atoms with Gasteiger partial charge in [0.25, 0.3) is 0 Å². The zero-order valence-corrected chi connectivity index (χ0v) is 17.4. The smallest absolute Gasteiger partial charge is 0.170 e. The molecule has 2 atom stereocenters. The highest BCUT2D eigenvalue weighted by molar-refractivity contribution is 9.10. The molecule has 0 N–H and O–H groups in total. The van der Waals surface area contributed by atoms with Crippen LogP contribution in [0.1, 0.15) is 39.4 Å². The molecule has 4 rings (SSSR count). The molecular formula is C26H23BrO. The molecule has 0 spiro atoms. The van der Waals surface area contributed by atoms with E-state index in [0.29, 0.717) is 6.42 Å². The number of fused-ring (bicyclic) bond motifs is 1. The summed E-state index contributed by atoms with van der Waals surface area (Å²) < 4.78 is 1.04. The van der Waals surface area contributed by atoms with Gasteiger partial charge in [0.15, 0.2) is 5.78 Å². The van der Waals surface area contributed by atoms with Crippen LogP contribution in [0, 0.1) is 5.41 Å². The van der Waals surface area contributed by atoms with Crippen LogP contribution in [0.4, 0.5) is 0 Å². The van der Waals surface area contributed by atoms with Crippen molar-refractivity contribution in [2.45, 2.75) is 25.2 Å². The highest BCUT2D eigenvalue weighted by Gasteiger charge is 2.47. The molecule has 0 bridgehead atoms. The predicted octanol–water partition coefficient (Wildman–Crippen LogP) is 6.78. The Bertz CT molecular complexity index is 990. The lowest BCUT2D eigenvalue weighted by Crippen LogP contribution is -2.42. The highest BCUT2D eigenvalue weighted by atomic mass is 79.9. The van der Waals surface area contributed by atoms with Crippen LogP contribution in [0.3, 0.4) is 0 Å². The van der Waals surface area contributed by atoms with Gasteiger partial charge in [-0.1, -0.05) is 88.7 Å². The lowest BCUT2D eigenvalue weighted by molar-refractivity contribution is 0.0725. The van der Waals surface area contributed by atoms with E-state index in [0.717, 1.165) is 34.0 Å².